The number of ether oxygens (including phenoxy) is 1. The molecule has 23 heavy (non-hydrogen) atoms. The molecule has 1 aromatic carbocycles. The molecular formula is C18H18N4O. The van der Waals surface area contributed by atoms with Crippen molar-refractivity contribution in [2.24, 2.45) is 0 Å². The second-order valence-corrected chi connectivity index (χ2v) is 6.05. The van der Waals surface area contributed by atoms with Crippen LogP contribution in [-0.2, 0) is 18.0 Å². The van der Waals surface area contributed by atoms with Crippen LogP contribution in [-0.4, -0.2) is 19.5 Å². The van der Waals surface area contributed by atoms with Gasteiger partial charge in [0.15, 0.2) is 0 Å². The molecule has 5 nitrogen and oxygen atoms in total. The van der Waals surface area contributed by atoms with Crippen molar-refractivity contribution < 1.29 is 4.74 Å². The van der Waals surface area contributed by atoms with Gasteiger partial charge in [0, 0.05) is 36.4 Å². The summed E-state index contributed by atoms with van der Waals surface area (Å²) in [6.45, 7) is 5.56. The third kappa shape index (κ3) is 2.53. The average molecular weight is 306 g/mol. The molecule has 1 aliphatic rings. The summed E-state index contributed by atoms with van der Waals surface area (Å²) in [6, 6.07) is 6.39. The van der Waals surface area contributed by atoms with E-state index in [1.807, 2.05) is 18.6 Å². The van der Waals surface area contributed by atoms with Crippen LogP contribution >= 0.6 is 0 Å². The predicted octanol–water partition coefficient (Wildman–Crippen LogP) is 3.48. The smallest absolute Gasteiger partial charge is 0.147 e. The minimum Gasteiger partial charge on any atom is -0.372 e. The van der Waals surface area contributed by atoms with E-state index < -0.39 is 0 Å². The number of imidazole rings is 1. The Morgan fingerprint density at radius 1 is 1.04 bits per heavy atom. The third-order valence-electron chi connectivity index (χ3n) is 4.07. The van der Waals surface area contributed by atoms with Crippen molar-refractivity contribution in [1.29, 1.82) is 0 Å². The maximum absolute atomic E-state index is 5.49. The van der Waals surface area contributed by atoms with Crippen LogP contribution in [0.3, 0.4) is 0 Å². The fraction of sp³-hybridized carbons (Fsp3) is 0.278. The van der Waals surface area contributed by atoms with Gasteiger partial charge in [0.2, 0.25) is 0 Å². The number of aromatic nitrogens is 4. The monoisotopic (exact) mass is 306 g/mol. The van der Waals surface area contributed by atoms with E-state index in [0.717, 1.165) is 22.9 Å². The van der Waals surface area contributed by atoms with Crippen molar-refractivity contribution in [1.82, 2.24) is 19.5 Å². The van der Waals surface area contributed by atoms with Gasteiger partial charge in [-0.05, 0) is 23.3 Å². The van der Waals surface area contributed by atoms with Gasteiger partial charge >= 0.3 is 0 Å². The van der Waals surface area contributed by atoms with Crippen molar-refractivity contribution in [2.45, 2.75) is 33.0 Å². The van der Waals surface area contributed by atoms with E-state index in [9.17, 15) is 0 Å². The summed E-state index contributed by atoms with van der Waals surface area (Å²) in [4.78, 5) is 13.4. The van der Waals surface area contributed by atoms with Gasteiger partial charge in [-0.2, -0.15) is 0 Å². The number of benzene rings is 1. The van der Waals surface area contributed by atoms with E-state index in [-0.39, 0.29) is 0 Å². The highest BCUT2D eigenvalue weighted by Gasteiger charge is 2.14. The molecule has 0 saturated heterocycles. The molecule has 1 aliphatic heterocycles. The molecule has 4 rings (SSSR count). The lowest BCUT2D eigenvalue weighted by atomic mass is 10.1. The zero-order valence-electron chi connectivity index (χ0n) is 13.2. The average Bonchev–Trinajstić information content (AvgIpc) is 3.23. The molecular weight excluding hydrogens is 288 g/mol. The molecule has 3 heterocycles. The van der Waals surface area contributed by atoms with Crippen molar-refractivity contribution in [2.75, 3.05) is 0 Å². The molecule has 0 aliphatic carbocycles. The van der Waals surface area contributed by atoms with Gasteiger partial charge in [-0.25, -0.2) is 15.0 Å². The van der Waals surface area contributed by atoms with Gasteiger partial charge in [0.25, 0.3) is 0 Å². The largest absolute Gasteiger partial charge is 0.372 e. The number of fused-ring (bicyclic) bond motifs is 1. The minimum atomic E-state index is 0.320. The van der Waals surface area contributed by atoms with E-state index in [2.05, 4.69) is 51.6 Å². The molecule has 116 valence electrons. The highest BCUT2D eigenvalue weighted by molar-refractivity contribution is 5.57. The van der Waals surface area contributed by atoms with Gasteiger partial charge in [-0.3, -0.25) is 4.57 Å². The lowest BCUT2D eigenvalue weighted by Gasteiger charge is -2.10. The first kappa shape index (κ1) is 14.1. The standard InChI is InChI=1S/C18H18N4O/c1-12(2)17-20-8-15(9-21-17)18-19-5-6-22(18)16-4-3-13-10-23-11-14(13)7-16/h3-9,12H,10-11H2,1-2H3. The van der Waals surface area contributed by atoms with Crippen LogP contribution in [0.5, 0.6) is 0 Å². The Labute approximate surface area is 135 Å². The third-order valence-corrected chi connectivity index (χ3v) is 4.07. The number of rotatable bonds is 3. The molecule has 0 N–H and O–H groups in total. The molecule has 0 radical (unpaired) electrons. The van der Waals surface area contributed by atoms with Gasteiger partial charge < -0.3 is 4.74 Å². The Morgan fingerprint density at radius 3 is 2.61 bits per heavy atom. The van der Waals surface area contributed by atoms with Gasteiger partial charge in [0.1, 0.15) is 11.6 Å². The number of hydrogen-bond donors (Lipinski definition) is 0. The Kier molecular flexibility index (Phi) is 3.42. The van der Waals surface area contributed by atoms with Crippen LogP contribution in [0, 0.1) is 0 Å². The summed E-state index contributed by atoms with van der Waals surface area (Å²) in [7, 11) is 0. The van der Waals surface area contributed by atoms with Crippen molar-refractivity contribution in [3.8, 4) is 17.1 Å². The first-order valence-corrected chi connectivity index (χ1v) is 7.78. The minimum absolute atomic E-state index is 0.320. The maximum Gasteiger partial charge on any atom is 0.147 e. The summed E-state index contributed by atoms with van der Waals surface area (Å²) in [6.07, 6.45) is 7.45. The lowest BCUT2D eigenvalue weighted by Crippen LogP contribution is -2.01. The van der Waals surface area contributed by atoms with Crippen LogP contribution in [0.4, 0.5) is 0 Å². The summed E-state index contributed by atoms with van der Waals surface area (Å²) < 4.78 is 7.55. The SMILES string of the molecule is CC(C)c1ncc(-c2nccn2-c2ccc3c(c2)COC3)cn1. The second-order valence-electron chi connectivity index (χ2n) is 6.05. The van der Waals surface area contributed by atoms with Crippen LogP contribution in [0.15, 0.2) is 43.0 Å². The molecule has 0 bridgehead atoms. The van der Waals surface area contributed by atoms with Crippen LogP contribution in [0.1, 0.15) is 36.7 Å². The molecule has 0 atom stereocenters. The molecule has 0 unspecified atom stereocenters. The summed E-state index contributed by atoms with van der Waals surface area (Å²) in [5.74, 6) is 2.02. The Bertz CT molecular complexity index is 836. The fourth-order valence-electron chi connectivity index (χ4n) is 2.79. The maximum atomic E-state index is 5.49. The number of nitrogens with zero attached hydrogens (tertiary/aromatic N) is 4. The summed E-state index contributed by atoms with van der Waals surface area (Å²) in [5, 5.41) is 0. The van der Waals surface area contributed by atoms with E-state index in [4.69, 9.17) is 4.74 Å². The van der Waals surface area contributed by atoms with Crippen molar-refractivity contribution in [3.05, 3.63) is 59.9 Å². The Hall–Kier alpha value is -2.53. The lowest BCUT2D eigenvalue weighted by molar-refractivity contribution is 0.134. The molecule has 0 amide bonds. The topological polar surface area (TPSA) is 52.8 Å². The predicted molar refractivity (Wildman–Crippen MR) is 87.2 cm³/mol. The van der Waals surface area contributed by atoms with E-state index >= 15 is 0 Å². The Morgan fingerprint density at radius 2 is 1.83 bits per heavy atom. The van der Waals surface area contributed by atoms with Crippen molar-refractivity contribution in [3.63, 3.8) is 0 Å². The summed E-state index contributed by atoms with van der Waals surface area (Å²) in [5.41, 5.74) is 4.50. The van der Waals surface area contributed by atoms with E-state index in [0.29, 0.717) is 19.1 Å². The quantitative estimate of drug-likeness (QED) is 0.743. The molecule has 3 aromatic rings. The zero-order chi connectivity index (χ0) is 15.8. The molecule has 0 fully saturated rings. The Balaban J connectivity index is 1.73. The zero-order valence-corrected chi connectivity index (χ0v) is 13.2. The first-order valence-electron chi connectivity index (χ1n) is 7.78. The second kappa shape index (κ2) is 5.59. The molecule has 5 heteroatoms. The van der Waals surface area contributed by atoms with Crippen LogP contribution < -0.4 is 0 Å². The molecule has 2 aromatic heterocycles. The van der Waals surface area contributed by atoms with Crippen molar-refractivity contribution >= 4 is 0 Å². The first-order chi connectivity index (χ1) is 11.2. The normalized spacial score (nSPS) is 13.5. The highest BCUT2D eigenvalue weighted by atomic mass is 16.5. The van der Waals surface area contributed by atoms with E-state index in [1.54, 1.807) is 6.20 Å². The summed E-state index contributed by atoms with van der Waals surface area (Å²) >= 11 is 0. The van der Waals surface area contributed by atoms with Crippen LogP contribution in [0.2, 0.25) is 0 Å². The molecule has 0 saturated carbocycles. The highest BCUT2D eigenvalue weighted by Crippen LogP contribution is 2.26. The van der Waals surface area contributed by atoms with E-state index in [1.165, 1.54) is 11.1 Å². The molecule has 0 spiro atoms. The fourth-order valence-corrected chi connectivity index (χ4v) is 2.79. The van der Waals surface area contributed by atoms with Gasteiger partial charge in [-0.15, -0.1) is 0 Å². The van der Waals surface area contributed by atoms with Crippen LogP contribution in [0.25, 0.3) is 17.1 Å². The van der Waals surface area contributed by atoms with Gasteiger partial charge in [-0.1, -0.05) is 19.9 Å². The number of hydrogen-bond acceptors (Lipinski definition) is 4. The van der Waals surface area contributed by atoms with Gasteiger partial charge in [0.05, 0.1) is 18.8 Å².